The van der Waals surface area contributed by atoms with Crippen molar-refractivity contribution in [3.8, 4) is 5.75 Å². The molecule has 2 rings (SSSR count). The molecular weight excluding hydrogens is 356 g/mol. The van der Waals surface area contributed by atoms with Crippen molar-refractivity contribution in [2.24, 2.45) is 5.92 Å². The number of carbonyl (C=O) groups is 3. The van der Waals surface area contributed by atoms with Gasteiger partial charge < -0.3 is 15.4 Å². The highest BCUT2D eigenvalue weighted by atomic mass is 16.5. The number of carbonyl (C=O) groups excluding carboxylic acids is 3. The summed E-state index contributed by atoms with van der Waals surface area (Å²) in [4.78, 5) is 35.4. The molecule has 2 amide bonds. The van der Waals surface area contributed by atoms with Crippen molar-refractivity contribution >= 4 is 23.3 Å². The zero-order valence-electron chi connectivity index (χ0n) is 16.6. The molecule has 1 atom stereocenters. The van der Waals surface area contributed by atoms with Gasteiger partial charge in [0.15, 0.2) is 11.9 Å². The normalized spacial score (nSPS) is 11.6. The fourth-order valence-corrected chi connectivity index (χ4v) is 2.37. The fourth-order valence-electron chi connectivity index (χ4n) is 2.37. The first-order valence-electron chi connectivity index (χ1n) is 9.21. The highest BCUT2D eigenvalue weighted by Crippen LogP contribution is 2.16. The van der Waals surface area contributed by atoms with E-state index in [4.69, 9.17) is 4.74 Å². The molecule has 0 aliphatic carbocycles. The van der Waals surface area contributed by atoms with Crippen LogP contribution >= 0.6 is 0 Å². The van der Waals surface area contributed by atoms with Gasteiger partial charge in [-0.15, -0.1) is 0 Å². The number of amides is 2. The molecule has 0 aliphatic rings. The van der Waals surface area contributed by atoms with Crippen LogP contribution in [0.1, 0.15) is 43.6 Å². The summed E-state index contributed by atoms with van der Waals surface area (Å²) in [5.74, 6) is 0.0269. The maximum absolute atomic E-state index is 12.3. The smallest absolute Gasteiger partial charge is 0.261 e. The van der Waals surface area contributed by atoms with Crippen LogP contribution < -0.4 is 15.4 Å². The Kier molecular flexibility index (Phi) is 7.32. The summed E-state index contributed by atoms with van der Waals surface area (Å²) in [5.41, 5.74) is 2.16. The number of hydrogen-bond donors (Lipinski definition) is 2. The molecule has 0 radical (unpaired) electrons. The van der Waals surface area contributed by atoms with Crippen LogP contribution in [0.4, 0.5) is 5.69 Å². The van der Waals surface area contributed by atoms with E-state index in [1.807, 2.05) is 26.0 Å². The average Bonchev–Trinajstić information content (AvgIpc) is 2.67. The van der Waals surface area contributed by atoms with E-state index in [-0.39, 0.29) is 23.5 Å². The number of rotatable bonds is 8. The minimum atomic E-state index is -0.702. The molecule has 2 aromatic carbocycles. The third-order valence-corrected chi connectivity index (χ3v) is 4.14. The molecule has 0 aliphatic heterocycles. The van der Waals surface area contributed by atoms with E-state index >= 15 is 0 Å². The monoisotopic (exact) mass is 382 g/mol. The van der Waals surface area contributed by atoms with E-state index in [0.29, 0.717) is 17.9 Å². The van der Waals surface area contributed by atoms with Crippen molar-refractivity contribution < 1.29 is 19.1 Å². The number of ether oxygens (including phenoxy) is 1. The second-order valence-electron chi connectivity index (χ2n) is 6.90. The SMILES string of the molecule is CC(=O)c1cccc(OC(C)C(=O)NCc2ccc(NC(=O)C(C)C)cc2)c1. The topological polar surface area (TPSA) is 84.5 Å². The number of hydrogen-bond acceptors (Lipinski definition) is 4. The van der Waals surface area contributed by atoms with Crippen LogP contribution in [0.2, 0.25) is 0 Å². The minimum Gasteiger partial charge on any atom is -0.481 e. The van der Waals surface area contributed by atoms with Crippen LogP contribution in [0.3, 0.4) is 0 Å². The molecule has 0 aromatic heterocycles. The second-order valence-corrected chi connectivity index (χ2v) is 6.90. The van der Waals surface area contributed by atoms with Crippen molar-refractivity contribution in [1.29, 1.82) is 0 Å². The molecule has 0 saturated carbocycles. The van der Waals surface area contributed by atoms with Crippen LogP contribution in [0.15, 0.2) is 48.5 Å². The molecule has 2 aromatic rings. The number of ketones is 1. The Bertz CT molecular complexity index is 844. The van der Waals surface area contributed by atoms with Gasteiger partial charge in [-0.2, -0.15) is 0 Å². The maximum atomic E-state index is 12.3. The highest BCUT2D eigenvalue weighted by Gasteiger charge is 2.15. The lowest BCUT2D eigenvalue weighted by Crippen LogP contribution is -2.35. The molecule has 28 heavy (non-hydrogen) atoms. The van der Waals surface area contributed by atoms with Crippen molar-refractivity contribution in [3.05, 3.63) is 59.7 Å². The molecule has 6 heteroatoms. The molecule has 2 N–H and O–H groups in total. The van der Waals surface area contributed by atoms with Gasteiger partial charge in [0.2, 0.25) is 5.91 Å². The van der Waals surface area contributed by atoms with Crippen molar-refractivity contribution in [1.82, 2.24) is 5.32 Å². The molecule has 0 heterocycles. The van der Waals surface area contributed by atoms with Crippen LogP contribution in [-0.2, 0) is 16.1 Å². The lowest BCUT2D eigenvalue weighted by molar-refractivity contribution is -0.127. The quantitative estimate of drug-likeness (QED) is 0.684. The molecule has 148 valence electrons. The van der Waals surface area contributed by atoms with Gasteiger partial charge in [0.05, 0.1) is 0 Å². The number of nitrogens with one attached hydrogen (secondary N) is 2. The van der Waals surface area contributed by atoms with Gasteiger partial charge in [-0.1, -0.05) is 38.1 Å². The van der Waals surface area contributed by atoms with Crippen molar-refractivity contribution in [2.75, 3.05) is 5.32 Å². The Morgan fingerprint density at radius 3 is 2.25 bits per heavy atom. The van der Waals surface area contributed by atoms with E-state index in [9.17, 15) is 14.4 Å². The van der Waals surface area contributed by atoms with Crippen LogP contribution in [-0.4, -0.2) is 23.7 Å². The Hall–Kier alpha value is -3.15. The van der Waals surface area contributed by atoms with Gasteiger partial charge >= 0.3 is 0 Å². The van der Waals surface area contributed by atoms with Gasteiger partial charge in [0.25, 0.3) is 5.91 Å². The number of anilines is 1. The molecule has 6 nitrogen and oxygen atoms in total. The summed E-state index contributed by atoms with van der Waals surface area (Å²) < 4.78 is 5.63. The van der Waals surface area contributed by atoms with Gasteiger partial charge in [-0.3, -0.25) is 14.4 Å². The molecule has 0 fully saturated rings. The predicted octanol–water partition coefficient (Wildman–Crippen LogP) is 3.57. The van der Waals surface area contributed by atoms with E-state index in [2.05, 4.69) is 10.6 Å². The van der Waals surface area contributed by atoms with Crippen molar-refractivity contribution in [2.45, 2.75) is 40.3 Å². The van der Waals surface area contributed by atoms with E-state index in [1.54, 1.807) is 43.3 Å². The molecule has 0 spiro atoms. The molecule has 1 unspecified atom stereocenters. The zero-order valence-corrected chi connectivity index (χ0v) is 16.6. The van der Waals surface area contributed by atoms with Gasteiger partial charge in [0.1, 0.15) is 5.75 Å². The van der Waals surface area contributed by atoms with Gasteiger partial charge in [-0.05, 0) is 43.7 Å². The summed E-state index contributed by atoms with van der Waals surface area (Å²) in [6, 6.07) is 14.0. The summed E-state index contributed by atoms with van der Waals surface area (Å²) in [6.45, 7) is 7.14. The molecule has 0 bridgehead atoms. The Morgan fingerprint density at radius 1 is 0.964 bits per heavy atom. The summed E-state index contributed by atoms with van der Waals surface area (Å²) in [7, 11) is 0. The first-order valence-corrected chi connectivity index (χ1v) is 9.21. The van der Waals surface area contributed by atoms with Crippen LogP contribution in [0.25, 0.3) is 0 Å². The largest absolute Gasteiger partial charge is 0.481 e. The first-order chi connectivity index (χ1) is 13.3. The van der Waals surface area contributed by atoms with Crippen LogP contribution in [0, 0.1) is 5.92 Å². The van der Waals surface area contributed by atoms with E-state index in [1.165, 1.54) is 6.92 Å². The minimum absolute atomic E-state index is 0.0409. The maximum Gasteiger partial charge on any atom is 0.261 e. The van der Waals surface area contributed by atoms with Crippen molar-refractivity contribution in [3.63, 3.8) is 0 Å². The summed E-state index contributed by atoms with van der Waals surface area (Å²) >= 11 is 0. The van der Waals surface area contributed by atoms with Gasteiger partial charge in [-0.25, -0.2) is 0 Å². The second kappa shape index (κ2) is 9.69. The standard InChI is InChI=1S/C22H26N2O4/c1-14(2)21(26)24-19-10-8-17(9-11-19)13-23-22(27)16(4)28-20-7-5-6-18(12-20)15(3)25/h5-12,14,16H,13H2,1-4H3,(H,23,27)(H,24,26). The van der Waals surface area contributed by atoms with E-state index in [0.717, 1.165) is 11.3 Å². The van der Waals surface area contributed by atoms with Crippen LogP contribution in [0.5, 0.6) is 5.75 Å². The molecular formula is C22H26N2O4. The third-order valence-electron chi connectivity index (χ3n) is 4.14. The summed E-state index contributed by atoms with van der Waals surface area (Å²) in [5, 5.41) is 5.64. The zero-order chi connectivity index (χ0) is 20.7. The Morgan fingerprint density at radius 2 is 1.64 bits per heavy atom. The third kappa shape index (κ3) is 6.23. The van der Waals surface area contributed by atoms with E-state index < -0.39 is 6.10 Å². The fraction of sp³-hybridized carbons (Fsp3) is 0.318. The predicted molar refractivity (Wildman–Crippen MR) is 108 cm³/mol. The Balaban J connectivity index is 1.86. The highest BCUT2D eigenvalue weighted by molar-refractivity contribution is 5.94. The Labute approximate surface area is 165 Å². The van der Waals surface area contributed by atoms with Gasteiger partial charge in [0, 0.05) is 23.7 Å². The summed E-state index contributed by atoms with van der Waals surface area (Å²) in [6.07, 6.45) is -0.702. The lowest BCUT2D eigenvalue weighted by Gasteiger charge is -2.15. The number of benzene rings is 2. The first kappa shape index (κ1) is 21.2. The lowest BCUT2D eigenvalue weighted by atomic mass is 10.1. The average molecular weight is 382 g/mol. The molecule has 0 saturated heterocycles. The number of Topliss-reactive ketones (excluding diaryl/α,β-unsaturated/α-hetero) is 1.